The van der Waals surface area contributed by atoms with Gasteiger partial charge in [0.1, 0.15) is 18.1 Å². The summed E-state index contributed by atoms with van der Waals surface area (Å²) in [5.74, 6) is 1.81. The van der Waals surface area contributed by atoms with Crippen LogP contribution in [0.25, 0.3) is 0 Å². The van der Waals surface area contributed by atoms with Crippen molar-refractivity contribution < 1.29 is 14.3 Å². The summed E-state index contributed by atoms with van der Waals surface area (Å²) in [7, 11) is 0. The van der Waals surface area contributed by atoms with Crippen LogP contribution in [0.15, 0.2) is 72.8 Å². The molecule has 0 aromatic heterocycles. The first kappa shape index (κ1) is 35.0. The zero-order valence-electron chi connectivity index (χ0n) is 28.4. The average Bonchev–Trinajstić information content (AvgIpc) is 3.04. The van der Waals surface area contributed by atoms with Crippen LogP contribution in [-0.4, -0.2) is 30.6 Å². The van der Waals surface area contributed by atoms with E-state index in [9.17, 15) is 4.79 Å². The normalized spacial score (nSPS) is 11.7. The van der Waals surface area contributed by atoms with Crippen LogP contribution < -0.4 is 14.8 Å². The van der Waals surface area contributed by atoms with Crippen LogP contribution in [0, 0.1) is 0 Å². The lowest BCUT2D eigenvalue weighted by Gasteiger charge is -2.30. The van der Waals surface area contributed by atoms with Gasteiger partial charge in [-0.15, -0.1) is 0 Å². The molecule has 3 aromatic carbocycles. The summed E-state index contributed by atoms with van der Waals surface area (Å²) in [5, 5.41) is 3.10. The summed E-state index contributed by atoms with van der Waals surface area (Å²) in [5.41, 5.74) is 5.04. The van der Waals surface area contributed by atoms with Crippen molar-refractivity contribution in [3.05, 3.63) is 95.1 Å². The number of benzene rings is 3. The molecule has 3 aromatic rings. The van der Waals surface area contributed by atoms with Crippen molar-refractivity contribution in [2.24, 2.45) is 0 Å². The Morgan fingerprint density at radius 3 is 2.14 bits per heavy atom. The van der Waals surface area contributed by atoms with Crippen molar-refractivity contribution in [3.8, 4) is 11.5 Å². The Bertz CT molecular complexity index is 1270. The van der Waals surface area contributed by atoms with Gasteiger partial charge in [0.15, 0.2) is 0 Å². The van der Waals surface area contributed by atoms with Crippen LogP contribution in [0.1, 0.15) is 109 Å². The Morgan fingerprint density at radius 2 is 1.48 bits per heavy atom. The predicted octanol–water partition coefficient (Wildman–Crippen LogP) is 9.81. The van der Waals surface area contributed by atoms with Crippen LogP contribution in [0.5, 0.6) is 11.5 Å². The standard InChI is InChI=1S/C39H56N2O3/c1-8-11-25-40-37(42)41(29-31-19-22-34(23-20-31)44-30-32-17-13-12-14-18-32)26-15-16-27-43-36-24-21-33(38(4,5)9-2)28-35(36)39(6,7)10-3/h12-14,17-24,28H,8-11,15-16,25-27,29-30H2,1-7H3,(H,40,42). The van der Waals surface area contributed by atoms with Crippen LogP contribution in [0.4, 0.5) is 4.79 Å². The summed E-state index contributed by atoms with van der Waals surface area (Å²) in [6, 6.07) is 25.0. The van der Waals surface area contributed by atoms with Crippen LogP contribution in [0.3, 0.4) is 0 Å². The summed E-state index contributed by atoms with van der Waals surface area (Å²) >= 11 is 0. The van der Waals surface area contributed by atoms with Crippen molar-refractivity contribution in [2.75, 3.05) is 19.7 Å². The third-order valence-electron chi connectivity index (χ3n) is 8.98. The number of carbonyl (C=O) groups excluding carboxylic acids is 1. The van der Waals surface area contributed by atoms with Crippen molar-refractivity contribution in [1.29, 1.82) is 0 Å². The molecule has 240 valence electrons. The number of urea groups is 1. The largest absolute Gasteiger partial charge is 0.493 e. The van der Waals surface area contributed by atoms with E-state index in [1.54, 1.807) is 0 Å². The Hall–Kier alpha value is -3.47. The highest BCUT2D eigenvalue weighted by atomic mass is 16.5. The minimum absolute atomic E-state index is 0.00937. The van der Waals surface area contributed by atoms with Gasteiger partial charge in [-0.25, -0.2) is 4.79 Å². The second-order valence-corrected chi connectivity index (χ2v) is 13.2. The Balaban J connectivity index is 1.59. The molecule has 1 N–H and O–H groups in total. The molecular formula is C39H56N2O3. The maximum Gasteiger partial charge on any atom is 0.317 e. The number of nitrogens with one attached hydrogen (secondary N) is 1. The maximum absolute atomic E-state index is 13.1. The number of ether oxygens (including phenoxy) is 2. The van der Waals surface area contributed by atoms with Gasteiger partial charge in [-0.1, -0.05) is 109 Å². The van der Waals surface area contributed by atoms with Gasteiger partial charge in [0, 0.05) is 25.2 Å². The number of unbranched alkanes of at least 4 members (excludes halogenated alkanes) is 2. The molecule has 2 amide bonds. The average molecular weight is 601 g/mol. The van der Waals surface area contributed by atoms with Gasteiger partial charge >= 0.3 is 6.03 Å². The molecule has 0 fully saturated rings. The fraction of sp³-hybridized carbons (Fsp3) is 0.513. The van der Waals surface area contributed by atoms with Crippen molar-refractivity contribution in [2.45, 2.75) is 111 Å². The lowest BCUT2D eigenvalue weighted by molar-refractivity contribution is 0.191. The molecule has 0 aliphatic rings. The lowest BCUT2D eigenvalue weighted by atomic mass is 9.76. The Kier molecular flexibility index (Phi) is 13.6. The van der Waals surface area contributed by atoms with E-state index in [1.165, 1.54) is 11.1 Å². The third kappa shape index (κ3) is 10.6. The molecule has 0 radical (unpaired) electrons. The van der Waals surface area contributed by atoms with Gasteiger partial charge in [-0.2, -0.15) is 0 Å². The first-order valence-corrected chi connectivity index (χ1v) is 16.7. The van der Waals surface area contributed by atoms with E-state index in [4.69, 9.17) is 9.47 Å². The van der Waals surface area contributed by atoms with E-state index in [0.717, 1.165) is 61.2 Å². The molecular weight excluding hydrogens is 544 g/mol. The third-order valence-corrected chi connectivity index (χ3v) is 8.98. The molecule has 0 heterocycles. The van der Waals surface area contributed by atoms with Crippen LogP contribution in [0.2, 0.25) is 0 Å². The summed E-state index contributed by atoms with van der Waals surface area (Å²) < 4.78 is 12.4. The van der Waals surface area contributed by atoms with Gasteiger partial charge in [0.2, 0.25) is 0 Å². The minimum Gasteiger partial charge on any atom is -0.493 e. The summed E-state index contributed by atoms with van der Waals surface area (Å²) in [4.78, 5) is 15.0. The molecule has 0 saturated heterocycles. The molecule has 44 heavy (non-hydrogen) atoms. The lowest BCUT2D eigenvalue weighted by Crippen LogP contribution is -2.40. The zero-order valence-corrected chi connectivity index (χ0v) is 28.4. The van der Waals surface area contributed by atoms with Crippen LogP contribution in [-0.2, 0) is 24.0 Å². The van der Waals surface area contributed by atoms with Gasteiger partial charge in [0.05, 0.1) is 6.61 Å². The first-order valence-electron chi connectivity index (χ1n) is 16.7. The van der Waals surface area contributed by atoms with Gasteiger partial charge in [0.25, 0.3) is 0 Å². The molecule has 0 aliphatic carbocycles. The van der Waals surface area contributed by atoms with E-state index in [2.05, 4.69) is 96.2 Å². The van der Waals surface area contributed by atoms with Gasteiger partial charge in [-0.05, 0) is 77.8 Å². The van der Waals surface area contributed by atoms with E-state index in [1.807, 2.05) is 35.2 Å². The van der Waals surface area contributed by atoms with Gasteiger partial charge < -0.3 is 19.7 Å². The molecule has 0 bridgehead atoms. The number of hydrogen-bond acceptors (Lipinski definition) is 3. The minimum atomic E-state index is -0.00937. The van der Waals surface area contributed by atoms with E-state index in [-0.39, 0.29) is 16.9 Å². The molecule has 0 aliphatic heterocycles. The maximum atomic E-state index is 13.1. The van der Waals surface area contributed by atoms with Crippen molar-refractivity contribution in [1.82, 2.24) is 10.2 Å². The number of carbonyl (C=O) groups is 1. The molecule has 5 heteroatoms. The van der Waals surface area contributed by atoms with E-state index < -0.39 is 0 Å². The number of nitrogens with zero attached hydrogens (tertiary/aromatic N) is 1. The molecule has 0 saturated carbocycles. The highest BCUT2D eigenvalue weighted by molar-refractivity contribution is 5.74. The molecule has 0 atom stereocenters. The molecule has 0 unspecified atom stereocenters. The van der Waals surface area contributed by atoms with Crippen molar-refractivity contribution >= 4 is 6.03 Å². The molecule has 3 rings (SSSR count). The number of hydrogen-bond donors (Lipinski definition) is 1. The van der Waals surface area contributed by atoms with Crippen LogP contribution >= 0.6 is 0 Å². The summed E-state index contributed by atoms with van der Waals surface area (Å²) in [6.45, 7) is 18.9. The van der Waals surface area contributed by atoms with E-state index in [0.29, 0.717) is 32.8 Å². The number of rotatable bonds is 18. The topological polar surface area (TPSA) is 50.8 Å². The highest BCUT2D eigenvalue weighted by Gasteiger charge is 2.26. The number of amides is 2. The fourth-order valence-corrected chi connectivity index (χ4v) is 4.98. The SMILES string of the molecule is CCCCNC(=O)N(CCCCOc1ccc(C(C)(C)CC)cc1C(C)(C)CC)Cc1ccc(OCc2ccccc2)cc1. The smallest absolute Gasteiger partial charge is 0.317 e. The Labute approximate surface area is 267 Å². The summed E-state index contributed by atoms with van der Waals surface area (Å²) in [6.07, 6.45) is 5.91. The van der Waals surface area contributed by atoms with E-state index >= 15 is 0 Å². The highest BCUT2D eigenvalue weighted by Crippen LogP contribution is 2.38. The fourth-order valence-electron chi connectivity index (χ4n) is 4.98. The van der Waals surface area contributed by atoms with Crippen molar-refractivity contribution in [3.63, 3.8) is 0 Å². The predicted molar refractivity (Wildman–Crippen MR) is 184 cm³/mol. The molecule has 0 spiro atoms. The Morgan fingerprint density at radius 1 is 0.773 bits per heavy atom. The quantitative estimate of drug-likeness (QED) is 0.148. The molecule has 5 nitrogen and oxygen atoms in total. The second kappa shape index (κ2) is 17.1. The monoisotopic (exact) mass is 600 g/mol. The first-order chi connectivity index (χ1) is 21.1. The zero-order chi connectivity index (χ0) is 32.0. The second-order valence-electron chi connectivity index (χ2n) is 13.2. The van der Waals surface area contributed by atoms with Gasteiger partial charge in [-0.3, -0.25) is 0 Å².